The van der Waals surface area contributed by atoms with E-state index in [0.29, 0.717) is 35.0 Å². The van der Waals surface area contributed by atoms with Crippen molar-refractivity contribution < 1.29 is 18.7 Å². The van der Waals surface area contributed by atoms with Gasteiger partial charge in [-0.15, -0.1) is 0 Å². The van der Waals surface area contributed by atoms with Crippen LogP contribution in [0.4, 0.5) is 10.1 Å². The maximum Gasteiger partial charge on any atom is 0.255 e. The lowest BCUT2D eigenvalue weighted by Crippen LogP contribution is -2.37. The largest absolute Gasteiger partial charge is 0.492 e. The van der Waals surface area contributed by atoms with Crippen molar-refractivity contribution in [2.24, 2.45) is 5.92 Å². The number of carbonyl (C=O) groups excluding carboxylic acids is 2. The molecule has 1 heterocycles. The van der Waals surface area contributed by atoms with Crippen LogP contribution in [0.3, 0.4) is 0 Å². The highest BCUT2D eigenvalue weighted by Gasteiger charge is 2.26. The lowest BCUT2D eigenvalue weighted by atomic mass is 9.95. The Bertz CT molecular complexity index is 1100. The second-order valence-electron chi connectivity index (χ2n) is 7.34. The SMILES string of the molecule is O=C(Nc1ccc2c(c1)C[C@@H](C(=O)NCc1ccc(F)cc1)CO2)c1ccc(Cl)cc1. The summed E-state index contributed by atoms with van der Waals surface area (Å²) >= 11 is 5.87. The summed E-state index contributed by atoms with van der Waals surface area (Å²) < 4.78 is 18.8. The molecule has 0 aromatic heterocycles. The second kappa shape index (κ2) is 9.18. The Labute approximate surface area is 184 Å². The first-order valence-electron chi connectivity index (χ1n) is 9.83. The van der Waals surface area contributed by atoms with Crippen LogP contribution >= 0.6 is 11.6 Å². The summed E-state index contributed by atoms with van der Waals surface area (Å²) in [6.45, 7) is 0.596. The van der Waals surface area contributed by atoms with E-state index < -0.39 is 0 Å². The predicted octanol–water partition coefficient (Wildman–Crippen LogP) is 4.60. The van der Waals surface area contributed by atoms with E-state index in [0.717, 1.165) is 11.1 Å². The monoisotopic (exact) mass is 438 g/mol. The molecule has 2 N–H and O–H groups in total. The Morgan fingerprint density at radius 1 is 1.03 bits per heavy atom. The average Bonchev–Trinajstić information content (AvgIpc) is 2.78. The molecule has 7 heteroatoms. The summed E-state index contributed by atoms with van der Waals surface area (Å²) in [5.74, 6) is -0.346. The molecule has 1 atom stereocenters. The van der Waals surface area contributed by atoms with Gasteiger partial charge >= 0.3 is 0 Å². The van der Waals surface area contributed by atoms with E-state index in [2.05, 4.69) is 10.6 Å². The van der Waals surface area contributed by atoms with Crippen LogP contribution in [-0.2, 0) is 17.8 Å². The van der Waals surface area contributed by atoms with Gasteiger partial charge in [-0.3, -0.25) is 9.59 Å². The molecular weight excluding hydrogens is 419 g/mol. The smallest absolute Gasteiger partial charge is 0.255 e. The number of fused-ring (bicyclic) bond motifs is 1. The van der Waals surface area contributed by atoms with Crippen molar-refractivity contribution in [3.05, 3.63) is 94.3 Å². The number of benzene rings is 3. The topological polar surface area (TPSA) is 67.4 Å². The normalized spacial score (nSPS) is 14.8. The fourth-order valence-electron chi connectivity index (χ4n) is 3.38. The summed E-state index contributed by atoms with van der Waals surface area (Å²) in [5, 5.41) is 6.29. The first kappa shape index (κ1) is 20.9. The number of carbonyl (C=O) groups is 2. The average molecular weight is 439 g/mol. The van der Waals surface area contributed by atoms with Crippen LogP contribution in [0.2, 0.25) is 5.02 Å². The van der Waals surface area contributed by atoms with Gasteiger partial charge in [0.05, 0.1) is 5.92 Å². The molecule has 1 aliphatic heterocycles. The molecule has 0 saturated carbocycles. The third kappa shape index (κ3) is 5.22. The Balaban J connectivity index is 1.38. The molecule has 0 spiro atoms. The van der Waals surface area contributed by atoms with Gasteiger partial charge in [0, 0.05) is 22.8 Å². The summed E-state index contributed by atoms with van der Waals surface area (Å²) in [4.78, 5) is 25.0. The highest BCUT2D eigenvalue weighted by molar-refractivity contribution is 6.30. The summed E-state index contributed by atoms with van der Waals surface area (Å²) in [6, 6.07) is 18.0. The molecule has 0 saturated heterocycles. The van der Waals surface area contributed by atoms with Crippen molar-refractivity contribution in [1.29, 1.82) is 0 Å². The van der Waals surface area contributed by atoms with Gasteiger partial charge in [0.15, 0.2) is 0 Å². The quantitative estimate of drug-likeness (QED) is 0.611. The Hall–Kier alpha value is -3.38. The first-order valence-corrected chi connectivity index (χ1v) is 10.2. The number of anilines is 1. The Kier molecular flexibility index (Phi) is 6.18. The fourth-order valence-corrected chi connectivity index (χ4v) is 3.51. The maximum atomic E-state index is 13.0. The van der Waals surface area contributed by atoms with Crippen molar-refractivity contribution in [1.82, 2.24) is 5.32 Å². The van der Waals surface area contributed by atoms with Crippen LogP contribution < -0.4 is 15.4 Å². The van der Waals surface area contributed by atoms with E-state index in [1.807, 2.05) is 6.07 Å². The molecule has 3 aromatic rings. The van der Waals surface area contributed by atoms with E-state index in [9.17, 15) is 14.0 Å². The van der Waals surface area contributed by atoms with Crippen LogP contribution in [0.25, 0.3) is 0 Å². The van der Waals surface area contributed by atoms with E-state index in [1.54, 1.807) is 48.5 Å². The summed E-state index contributed by atoms with van der Waals surface area (Å²) in [7, 11) is 0. The van der Waals surface area contributed by atoms with Gasteiger partial charge in [0.25, 0.3) is 5.91 Å². The Morgan fingerprint density at radius 2 is 1.77 bits per heavy atom. The summed E-state index contributed by atoms with van der Waals surface area (Å²) in [5.41, 5.74) is 2.78. The zero-order chi connectivity index (χ0) is 21.8. The van der Waals surface area contributed by atoms with Crippen LogP contribution in [0.5, 0.6) is 5.75 Å². The Morgan fingerprint density at radius 3 is 2.52 bits per heavy atom. The van der Waals surface area contributed by atoms with E-state index in [-0.39, 0.29) is 30.2 Å². The number of nitrogens with one attached hydrogen (secondary N) is 2. The molecule has 1 aliphatic rings. The van der Waals surface area contributed by atoms with Crippen molar-refractivity contribution in [2.45, 2.75) is 13.0 Å². The standard InChI is InChI=1S/C24H20ClFN2O3/c25-19-5-3-16(4-6-19)24(30)28-21-9-10-22-17(12-21)11-18(14-31-22)23(29)27-13-15-1-7-20(26)8-2-15/h1-10,12,18H,11,13-14H2,(H,27,29)(H,28,30)/t18-/m1/s1. The number of halogens is 2. The van der Waals surface area contributed by atoms with Gasteiger partial charge in [-0.25, -0.2) is 4.39 Å². The van der Waals surface area contributed by atoms with Crippen molar-refractivity contribution in [3.8, 4) is 5.75 Å². The molecule has 0 aliphatic carbocycles. The van der Waals surface area contributed by atoms with E-state index >= 15 is 0 Å². The number of hydrogen-bond donors (Lipinski definition) is 2. The minimum atomic E-state index is -0.352. The molecule has 0 radical (unpaired) electrons. The van der Waals surface area contributed by atoms with Crippen molar-refractivity contribution >= 4 is 29.1 Å². The molecule has 0 fully saturated rings. The minimum Gasteiger partial charge on any atom is -0.492 e. The lowest BCUT2D eigenvalue weighted by molar-refractivity contribution is -0.126. The van der Waals surface area contributed by atoms with Crippen LogP contribution in [0.15, 0.2) is 66.7 Å². The molecular formula is C24H20ClFN2O3. The van der Waals surface area contributed by atoms with Gasteiger partial charge in [-0.2, -0.15) is 0 Å². The van der Waals surface area contributed by atoms with Crippen LogP contribution in [0.1, 0.15) is 21.5 Å². The summed E-state index contributed by atoms with van der Waals surface area (Å²) in [6.07, 6.45) is 0.495. The molecule has 31 heavy (non-hydrogen) atoms. The molecule has 158 valence electrons. The lowest BCUT2D eigenvalue weighted by Gasteiger charge is -2.25. The molecule has 4 rings (SSSR count). The van der Waals surface area contributed by atoms with E-state index in [4.69, 9.17) is 16.3 Å². The van der Waals surface area contributed by atoms with Gasteiger partial charge < -0.3 is 15.4 Å². The molecule has 0 unspecified atom stereocenters. The molecule has 0 bridgehead atoms. The van der Waals surface area contributed by atoms with Gasteiger partial charge in [-0.1, -0.05) is 23.7 Å². The number of amides is 2. The number of ether oxygens (including phenoxy) is 1. The van der Waals surface area contributed by atoms with Crippen molar-refractivity contribution in [3.63, 3.8) is 0 Å². The molecule has 3 aromatic carbocycles. The maximum absolute atomic E-state index is 13.0. The second-order valence-corrected chi connectivity index (χ2v) is 7.78. The predicted molar refractivity (Wildman–Crippen MR) is 117 cm³/mol. The van der Waals surface area contributed by atoms with Gasteiger partial charge in [0.2, 0.25) is 5.91 Å². The first-order chi connectivity index (χ1) is 15.0. The highest BCUT2D eigenvalue weighted by atomic mass is 35.5. The van der Waals surface area contributed by atoms with Crippen LogP contribution in [0, 0.1) is 11.7 Å². The van der Waals surface area contributed by atoms with Crippen LogP contribution in [-0.4, -0.2) is 18.4 Å². The zero-order valence-electron chi connectivity index (χ0n) is 16.5. The van der Waals surface area contributed by atoms with E-state index in [1.165, 1.54) is 12.1 Å². The number of rotatable bonds is 5. The fraction of sp³-hybridized carbons (Fsp3) is 0.167. The van der Waals surface area contributed by atoms with Gasteiger partial charge in [0.1, 0.15) is 18.2 Å². The van der Waals surface area contributed by atoms with Gasteiger partial charge in [-0.05, 0) is 72.1 Å². The highest BCUT2D eigenvalue weighted by Crippen LogP contribution is 2.30. The molecule has 5 nitrogen and oxygen atoms in total. The third-order valence-corrected chi connectivity index (χ3v) is 5.33. The molecule has 2 amide bonds. The zero-order valence-corrected chi connectivity index (χ0v) is 17.3. The number of hydrogen-bond acceptors (Lipinski definition) is 3. The third-order valence-electron chi connectivity index (χ3n) is 5.08. The van der Waals surface area contributed by atoms with Crippen molar-refractivity contribution in [2.75, 3.05) is 11.9 Å². The minimum absolute atomic E-state index is 0.134.